The second-order valence-corrected chi connectivity index (χ2v) is 7.31. The van der Waals surface area contributed by atoms with E-state index in [2.05, 4.69) is 10.1 Å². The molecule has 1 aromatic heterocycles. The summed E-state index contributed by atoms with van der Waals surface area (Å²) in [5.41, 5.74) is -0.261. The summed E-state index contributed by atoms with van der Waals surface area (Å²) in [4.78, 5) is 18.5. The Bertz CT molecular complexity index is 1270. The van der Waals surface area contributed by atoms with Gasteiger partial charge >= 0.3 is 6.18 Å². The Morgan fingerprint density at radius 3 is 2.73 bits per heavy atom. The topological polar surface area (TPSA) is 78.2 Å². The average molecular weight is 458 g/mol. The van der Waals surface area contributed by atoms with Gasteiger partial charge < -0.3 is 19.1 Å². The SMILES string of the molecule is CN(C(=O)c1cccc(-n2nc(C(F)(F)F)c3c2OCCN=C3)c1)c1ccc2c(c1)OCO2. The summed E-state index contributed by atoms with van der Waals surface area (Å²) in [6.45, 7) is 0.447. The van der Waals surface area contributed by atoms with Gasteiger partial charge in [0, 0.05) is 30.6 Å². The van der Waals surface area contributed by atoms with Crippen LogP contribution in [0.1, 0.15) is 21.6 Å². The Hall–Kier alpha value is -4.02. The molecule has 33 heavy (non-hydrogen) atoms. The van der Waals surface area contributed by atoms with Crippen molar-refractivity contribution in [1.82, 2.24) is 9.78 Å². The third-order valence-corrected chi connectivity index (χ3v) is 5.21. The third kappa shape index (κ3) is 3.75. The quantitative estimate of drug-likeness (QED) is 0.598. The van der Waals surface area contributed by atoms with E-state index >= 15 is 0 Å². The molecule has 2 aliphatic rings. The number of rotatable bonds is 3. The van der Waals surface area contributed by atoms with Gasteiger partial charge in [0.15, 0.2) is 17.2 Å². The number of anilines is 1. The molecule has 0 fully saturated rings. The summed E-state index contributed by atoms with van der Waals surface area (Å²) < 4.78 is 57.9. The number of ether oxygens (including phenoxy) is 3. The molecule has 5 rings (SSSR count). The minimum Gasteiger partial charge on any atom is -0.475 e. The summed E-state index contributed by atoms with van der Waals surface area (Å²) in [5, 5.41) is 3.74. The van der Waals surface area contributed by atoms with Crippen molar-refractivity contribution in [1.29, 1.82) is 0 Å². The van der Waals surface area contributed by atoms with E-state index in [-0.39, 0.29) is 48.5 Å². The zero-order valence-electron chi connectivity index (χ0n) is 17.3. The van der Waals surface area contributed by atoms with Crippen LogP contribution >= 0.6 is 0 Å². The Labute approximate surface area is 185 Å². The fourth-order valence-corrected chi connectivity index (χ4v) is 3.58. The molecule has 0 saturated carbocycles. The van der Waals surface area contributed by atoms with Crippen LogP contribution in [0.3, 0.4) is 0 Å². The van der Waals surface area contributed by atoms with Crippen LogP contribution in [0.25, 0.3) is 5.69 Å². The number of carbonyl (C=O) groups is 1. The van der Waals surface area contributed by atoms with Crippen LogP contribution in [0.4, 0.5) is 18.9 Å². The fourth-order valence-electron chi connectivity index (χ4n) is 3.58. The molecular formula is C22H17F3N4O4. The van der Waals surface area contributed by atoms with Gasteiger partial charge in [0.25, 0.3) is 5.91 Å². The first-order chi connectivity index (χ1) is 15.8. The van der Waals surface area contributed by atoms with E-state index in [1.807, 2.05) is 0 Å². The first kappa shape index (κ1) is 20.9. The molecule has 0 spiro atoms. The average Bonchev–Trinajstić information content (AvgIpc) is 3.35. The van der Waals surface area contributed by atoms with Crippen LogP contribution in [0.15, 0.2) is 47.5 Å². The molecule has 2 aromatic carbocycles. The molecule has 0 atom stereocenters. The summed E-state index contributed by atoms with van der Waals surface area (Å²) in [6.07, 6.45) is -3.57. The highest BCUT2D eigenvalue weighted by atomic mass is 19.4. The third-order valence-electron chi connectivity index (χ3n) is 5.21. The highest BCUT2D eigenvalue weighted by molar-refractivity contribution is 6.06. The second kappa shape index (κ2) is 7.84. The van der Waals surface area contributed by atoms with E-state index in [4.69, 9.17) is 14.2 Å². The number of hydrogen-bond donors (Lipinski definition) is 0. The second-order valence-electron chi connectivity index (χ2n) is 7.31. The van der Waals surface area contributed by atoms with Crippen LogP contribution in [0, 0.1) is 0 Å². The first-order valence-corrected chi connectivity index (χ1v) is 9.94. The standard InChI is InChI=1S/C22H17F3N4O4/c1-28(14-5-6-17-18(10-14)33-12-32-17)20(30)13-3-2-4-15(9-13)29-21-16(11-26-7-8-31-21)19(27-29)22(23,24)25/h2-6,9-11H,7-8,12H2,1H3. The first-order valence-electron chi connectivity index (χ1n) is 9.94. The fraction of sp³-hybridized carbons (Fsp3) is 0.227. The molecule has 11 heteroatoms. The van der Waals surface area contributed by atoms with Crippen molar-refractivity contribution in [2.45, 2.75) is 6.18 Å². The summed E-state index contributed by atoms with van der Waals surface area (Å²) >= 11 is 0. The van der Waals surface area contributed by atoms with Crippen LogP contribution in [-0.2, 0) is 6.18 Å². The number of aliphatic imine (C=N–C) groups is 1. The van der Waals surface area contributed by atoms with Crippen LogP contribution < -0.4 is 19.1 Å². The minimum absolute atomic E-state index is 0.0719. The largest absolute Gasteiger partial charge is 0.475 e. The van der Waals surface area contributed by atoms with Gasteiger partial charge in [-0.1, -0.05) is 6.07 Å². The highest BCUT2D eigenvalue weighted by Gasteiger charge is 2.40. The van der Waals surface area contributed by atoms with Crippen molar-refractivity contribution in [2.24, 2.45) is 4.99 Å². The Morgan fingerprint density at radius 2 is 1.91 bits per heavy atom. The molecule has 3 aromatic rings. The number of hydrogen-bond acceptors (Lipinski definition) is 6. The molecule has 0 unspecified atom stereocenters. The number of amides is 1. The predicted octanol–water partition coefficient (Wildman–Crippen LogP) is 3.71. The zero-order valence-corrected chi connectivity index (χ0v) is 17.3. The number of carbonyl (C=O) groups excluding carboxylic acids is 1. The molecule has 0 N–H and O–H groups in total. The van der Waals surface area contributed by atoms with Gasteiger partial charge in [0.2, 0.25) is 12.7 Å². The Balaban J connectivity index is 1.51. The van der Waals surface area contributed by atoms with E-state index in [9.17, 15) is 18.0 Å². The maximum Gasteiger partial charge on any atom is 0.435 e. The van der Waals surface area contributed by atoms with Gasteiger partial charge in [0.1, 0.15) is 6.61 Å². The van der Waals surface area contributed by atoms with E-state index in [1.54, 1.807) is 43.4 Å². The number of benzene rings is 2. The van der Waals surface area contributed by atoms with E-state index in [1.165, 1.54) is 11.0 Å². The summed E-state index contributed by atoms with van der Waals surface area (Å²) in [7, 11) is 1.59. The predicted molar refractivity (Wildman–Crippen MR) is 112 cm³/mol. The lowest BCUT2D eigenvalue weighted by Gasteiger charge is -2.18. The number of nitrogens with zero attached hydrogens (tertiary/aromatic N) is 4. The van der Waals surface area contributed by atoms with Crippen molar-refractivity contribution in [2.75, 3.05) is 31.9 Å². The van der Waals surface area contributed by atoms with Crippen molar-refractivity contribution >= 4 is 17.8 Å². The molecule has 0 radical (unpaired) electrons. The number of fused-ring (bicyclic) bond motifs is 2. The summed E-state index contributed by atoms with van der Waals surface area (Å²) in [6, 6.07) is 11.3. The van der Waals surface area contributed by atoms with Gasteiger partial charge in [-0.05, 0) is 30.3 Å². The normalized spacial score (nSPS) is 14.4. The number of alkyl halides is 3. The van der Waals surface area contributed by atoms with Gasteiger partial charge in [0.05, 0.1) is 17.8 Å². The molecule has 8 nitrogen and oxygen atoms in total. The molecule has 1 amide bonds. The van der Waals surface area contributed by atoms with Gasteiger partial charge in [-0.3, -0.25) is 9.79 Å². The number of aromatic nitrogens is 2. The molecule has 0 aliphatic carbocycles. The molecule has 2 aliphatic heterocycles. The molecule has 0 bridgehead atoms. The van der Waals surface area contributed by atoms with E-state index in [0.717, 1.165) is 10.9 Å². The smallest absolute Gasteiger partial charge is 0.435 e. The Kier molecular flexibility index (Phi) is 4.95. The lowest BCUT2D eigenvalue weighted by Crippen LogP contribution is -2.26. The Morgan fingerprint density at radius 1 is 1.09 bits per heavy atom. The molecule has 3 heterocycles. The number of halogens is 3. The highest BCUT2D eigenvalue weighted by Crippen LogP contribution is 2.37. The minimum atomic E-state index is -4.69. The van der Waals surface area contributed by atoms with Crippen LogP contribution in [0.5, 0.6) is 17.4 Å². The zero-order chi connectivity index (χ0) is 23.2. The van der Waals surface area contributed by atoms with Crippen molar-refractivity contribution in [3.8, 4) is 23.1 Å². The summed E-state index contributed by atoms with van der Waals surface area (Å²) in [5.74, 6) is 0.674. The van der Waals surface area contributed by atoms with Crippen molar-refractivity contribution < 1.29 is 32.2 Å². The van der Waals surface area contributed by atoms with Crippen LogP contribution in [-0.4, -0.2) is 48.9 Å². The van der Waals surface area contributed by atoms with Crippen molar-refractivity contribution in [3.05, 3.63) is 59.3 Å². The van der Waals surface area contributed by atoms with Gasteiger partial charge in [-0.15, -0.1) is 0 Å². The van der Waals surface area contributed by atoms with Crippen LogP contribution in [0.2, 0.25) is 0 Å². The maximum absolute atomic E-state index is 13.6. The maximum atomic E-state index is 13.6. The van der Waals surface area contributed by atoms with Crippen molar-refractivity contribution in [3.63, 3.8) is 0 Å². The van der Waals surface area contributed by atoms with Gasteiger partial charge in [-0.2, -0.15) is 23.0 Å². The van der Waals surface area contributed by atoms with Gasteiger partial charge in [-0.25, -0.2) is 0 Å². The molecule has 0 saturated heterocycles. The van der Waals surface area contributed by atoms with E-state index < -0.39 is 11.9 Å². The monoisotopic (exact) mass is 458 g/mol. The molecule has 170 valence electrons. The van der Waals surface area contributed by atoms with E-state index in [0.29, 0.717) is 17.2 Å². The molecular weight excluding hydrogens is 441 g/mol. The lowest BCUT2D eigenvalue weighted by atomic mass is 10.1. The lowest BCUT2D eigenvalue weighted by molar-refractivity contribution is -0.141.